The summed E-state index contributed by atoms with van der Waals surface area (Å²) in [5.41, 5.74) is 5.62. The molecular weight excluding hydrogens is 253 g/mol. The lowest BCUT2D eigenvalue weighted by Gasteiger charge is -2.42. The lowest BCUT2D eigenvalue weighted by molar-refractivity contribution is -0.198. The van der Waals surface area contributed by atoms with Gasteiger partial charge in [0.25, 0.3) is 0 Å². The van der Waals surface area contributed by atoms with Crippen LogP contribution < -0.4 is 5.73 Å². The first-order valence-corrected chi connectivity index (χ1v) is 6.72. The fourth-order valence-electron chi connectivity index (χ4n) is 2.39. The summed E-state index contributed by atoms with van der Waals surface area (Å²) in [5, 5.41) is -0.351. The number of carbonyl (C=O) groups excluding carboxylic acids is 1. The largest absolute Gasteiger partial charge is 0.408 e. The van der Waals surface area contributed by atoms with Gasteiger partial charge < -0.3 is 10.6 Å². The number of carbonyl (C=O) groups is 1. The van der Waals surface area contributed by atoms with Crippen LogP contribution >= 0.6 is 11.8 Å². The van der Waals surface area contributed by atoms with Gasteiger partial charge in [-0.2, -0.15) is 13.2 Å². The summed E-state index contributed by atoms with van der Waals surface area (Å²) < 4.78 is 38.7. The Morgan fingerprint density at radius 1 is 1.29 bits per heavy atom. The number of halogens is 3. The molecule has 17 heavy (non-hydrogen) atoms. The van der Waals surface area contributed by atoms with Crippen molar-refractivity contribution in [3.05, 3.63) is 0 Å². The van der Waals surface area contributed by atoms with E-state index in [4.69, 9.17) is 5.73 Å². The summed E-state index contributed by atoms with van der Waals surface area (Å²) in [5.74, 6) is 0.112. The third-order valence-corrected chi connectivity index (χ3v) is 4.58. The molecule has 0 bridgehead atoms. The molecular formula is C10H15F3N2OS. The second kappa shape index (κ2) is 4.68. The van der Waals surface area contributed by atoms with Gasteiger partial charge in [0.15, 0.2) is 0 Å². The molecule has 0 aliphatic carbocycles. The highest BCUT2D eigenvalue weighted by Gasteiger charge is 2.50. The van der Waals surface area contributed by atoms with Crippen LogP contribution in [-0.2, 0) is 4.79 Å². The molecule has 0 radical (unpaired) electrons. The predicted molar refractivity (Wildman–Crippen MR) is 59.4 cm³/mol. The van der Waals surface area contributed by atoms with Crippen molar-refractivity contribution in [1.82, 2.24) is 4.90 Å². The van der Waals surface area contributed by atoms with Crippen LogP contribution in [0.3, 0.4) is 0 Å². The average Bonchev–Trinajstić information content (AvgIpc) is 2.39. The Labute approximate surface area is 102 Å². The van der Waals surface area contributed by atoms with Crippen LogP contribution in [-0.4, -0.2) is 40.2 Å². The van der Waals surface area contributed by atoms with Crippen molar-refractivity contribution in [1.29, 1.82) is 0 Å². The first-order valence-electron chi connectivity index (χ1n) is 5.67. The maximum Gasteiger partial charge on any atom is 0.408 e. The minimum absolute atomic E-state index is 0.000972. The number of nitrogens with two attached hydrogens (primary N) is 1. The molecule has 0 saturated carbocycles. The minimum atomic E-state index is -4.35. The second-order valence-electron chi connectivity index (χ2n) is 4.45. The molecule has 3 nitrogen and oxygen atoms in total. The van der Waals surface area contributed by atoms with E-state index in [1.165, 1.54) is 11.8 Å². The summed E-state index contributed by atoms with van der Waals surface area (Å²) in [6.45, 7) is 0. The van der Waals surface area contributed by atoms with Gasteiger partial charge in [-0.3, -0.25) is 4.79 Å². The van der Waals surface area contributed by atoms with Crippen LogP contribution in [0, 0.1) is 0 Å². The van der Waals surface area contributed by atoms with E-state index < -0.39 is 24.2 Å². The molecule has 2 saturated heterocycles. The van der Waals surface area contributed by atoms with E-state index in [2.05, 4.69) is 0 Å². The van der Waals surface area contributed by atoms with Crippen LogP contribution in [0.1, 0.15) is 25.7 Å². The lowest BCUT2D eigenvalue weighted by atomic mass is 10.00. The van der Waals surface area contributed by atoms with Crippen molar-refractivity contribution in [3.8, 4) is 0 Å². The van der Waals surface area contributed by atoms with Crippen molar-refractivity contribution >= 4 is 17.7 Å². The zero-order chi connectivity index (χ0) is 12.6. The molecule has 98 valence electrons. The molecule has 0 spiro atoms. The van der Waals surface area contributed by atoms with Crippen molar-refractivity contribution < 1.29 is 18.0 Å². The average molecular weight is 268 g/mol. The number of hydrogen-bond acceptors (Lipinski definition) is 3. The van der Waals surface area contributed by atoms with Crippen molar-refractivity contribution in [2.45, 2.75) is 49.3 Å². The molecule has 0 aromatic rings. The first-order chi connectivity index (χ1) is 7.91. The second-order valence-corrected chi connectivity index (χ2v) is 5.74. The van der Waals surface area contributed by atoms with Gasteiger partial charge >= 0.3 is 6.18 Å². The highest BCUT2D eigenvalue weighted by atomic mass is 32.2. The molecule has 7 heteroatoms. The van der Waals surface area contributed by atoms with E-state index in [1.807, 2.05) is 0 Å². The number of rotatable bonds is 0. The number of amides is 1. The Balaban J connectivity index is 2.27. The molecule has 2 N–H and O–H groups in total. The Morgan fingerprint density at radius 3 is 2.65 bits per heavy atom. The van der Waals surface area contributed by atoms with Crippen LogP contribution in [0.4, 0.5) is 13.2 Å². The monoisotopic (exact) mass is 268 g/mol. The Kier molecular flexibility index (Phi) is 3.58. The Bertz CT molecular complexity index is 310. The molecule has 0 aromatic heterocycles. The molecule has 0 unspecified atom stereocenters. The molecule has 2 aliphatic heterocycles. The molecule has 3 atom stereocenters. The van der Waals surface area contributed by atoms with E-state index in [-0.39, 0.29) is 11.8 Å². The quantitative estimate of drug-likeness (QED) is 0.727. The number of alkyl halides is 3. The maximum absolute atomic E-state index is 12.9. The van der Waals surface area contributed by atoms with Gasteiger partial charge in [-0.25, -0.2) is 0 Å². The van der Waals surface area contributed by atoms with Gasteiger partial charge in [0.05, 0.1) is 11.4 Å². The first kappa shape index (κ1) is 13.0. The maximum atomic E-state index is 12.9. The Hall–Kier alpha value is -0.430. The number of nitrogens with zero attached hydrogens (tertiary/aromatic N) is 1. The number of thioether (sulfide) groups is 1. The smallest absolute Gasteiger partial charge is 0.320 e. The van der Waals surface area contributed by atoms with Gasteiger partial charge in [0.1, 0.15) is 6.04 Å². The van der Waals surface area contributed by atoms with Gasteiger partial charge in [-0.15, -0.1) is 11.8 Å². The zero-order valence-electron chi connectivity index (χ0n) is 9.24. The molecule has 0 aromatic carbocycles. The zero-order valence-corrected chi connectivity index (χ0v) is 10.1. The molecule has 2 fully saturated rings. The van der Waals surface area contributed by atoms with E-state index in [0.717, 1.165) is 4.90 Å². The number of hydrogen-bond donors (Lipinski definition) is 1. The van der Waals surface area contributed by atoms with E-state index in [0.29, 0.717) is 25.0 Å². The van der Waals surface area contributed by atoms with Crippen molar-refractivity contribution in [3.63, 3.8) is 0 Å². The van der Waals surface area contributed by atoms with Gasteiger partial charge in [0, 0.05) is 0 Å². The van der Waals surface area contributed by atoms with Gasteiger partial charge in [-0.1, -0.05) is 0 Å². The summed E-state index contributed by atoms with van der Waals surface area (Å²) in [6.07, 6.45) is -2.74. The predicted octanol–water partition coefficient (Wildman–Crippen LogP) is 1.72. The van der Waals surface area contributed by atoms with Crippen molar-refractivity contribution in [2.24, 2.45) is 5.73 Å². The SMILES string of the molecule is N[C@H]1CCS[C@H]2CCC[C@@H](C(F)(F)F)N2C1=O. The molecule has 2 aliphatic rings. The van der Waals surface area contributed by atoms with Gasteiger partial charge in [-0.05, 0) is 31.4 Å². The van der Waals surface area contributed by atoms with Crippen LogP contribution in [0.5, 0.6) is 0 Å². The molecule has 2 heterocycles. The Morgan fingerprint density at radius 2 is 2.00 bits per heavy atom. The van der Waals surface area contributed by atoms with Crippen LogP contribution in [0.15, 0.2) is 0 Å². The van der Waals surface area contributed by atoms with Crippen LogP contribution in [0.2, 0.25) is 0 Å². The number of fused-ring (bicyclic) bond motifs is 1. The summed E-state index contributed by atoms with van der Waals surface area (Å²) in [6, 6.07) is -2.43. The highest BCUT2D eigenvalue weighted by molar-refractivity contribution is 7.99. The molecule has 2 rings (SSSR count). The lowest BCUT2D eigenvalue weighted by Crippen LogP contribution is -2.57. The van der Waals surface area contributed by atoms with Crippen LogP contribution in [0.25, 0.3) is 0 Å². The fourth-order valence-corrected chi connectivity index (χ4v) is 3.80. The van der Waals surface area contributed by atoms with E-state index >= 15 is 0 Å². The summed E-state index contributed by atoms with van der Waals surface area (Å²) >= 11 is 1.42. The van der Waals surface area contributed by atoms with Crippen molar-refractivity contribution in [2.75, 3.05) is 5.75 Å². The normalized spacial score (nSPS) is 35.4. The fraction of sp³-hybridized carbons (Fsp3) is 0.900. The minimum Gasteiger partial charge on any atom is -0.320 e. The third-order valence-electron chi connectivity index (χ3n) is 3.26. The van der Waals surface area contributed by atoms with E-state index in [1.54, 1.807) is 0 Å². The summed E-state index contributed by atoms with van der Waals surface area (Å²) in [4.78, 5) is 12.9. The standard InChI is InChI=1S/C10H15F3N2OS/c11-10(12,13)7-2-1-3-8-15(7)9(16)6(14)4-5-17-8/h6-8H,1-5,14H2/t6-,7-,8-/m0/s1. The molecule has 1 amide bonds. The third kappa shape index (κ3) is 2.54. The highest BCUT2D eigenvalue weighted by Crippen LogP contribution is 2.39. The topological polar surface area (TPSA) is 46.3 Å². The number of piperidine rings is 1. The van der Waals surface area contributed by atoms with Gasteiger partial charge in [0.2, 0.25) is 5.91 Å². The summed E-state index contributed by atoms with van der Waals surface area (Å²) in [7, 11) is 0. The van der Waals surface area contributed by atoms with E-state index in [9.17, 15) is 18.0 Å².